The van der Waals surface area contributed by atoms with Gasteiger partial charge in [0.1, 0.15) is 0 Å². The van der Waals surface area contributed by atoms with E-state index in [-0.39, 0.29) is 5.91 Å². The predicted octanol–water partition coefficient (Wildman–Crippen LogP) is 2.03. The van der Waals surface area contributed by atoms with Gasteiger partial charge in [-0.15, -0.1) is 0 Å². The molecular weight excluding hydrogens is 258 g/mol. The van der Waals surface area contributed by atoms with Gasteiger partial charge in [0, 0.05) is 17.6 Å². The number of rotatable bonds is 1. The number of amides is 1. The number of hydrogen-bond acceptors (Lipinski definition) is 2. The first-order chi connectivity index (χ1) is 7.27. The van der Waals surface area contributed by atoms with Crippen LogP contribution in [0.4, 0.5) is 0 Å². The van der Waals surface area contributed by atoms with Crippen LogP contribution in [-0.2, 0) is 9.53 Å². The molecule has 2 rings (SSSR count). The molecule has 0 bridgehead atoms. The summed E-state index contributed by atoms with van der Waals surface area (Å²) in [6.45, 7) is 1.32. The molecule has 0 aliphatic carbocycles. The Morgan fingerprint density at radius 3 is 3.13 bits per heavy atom. The van der Waals surface area contributed by atoms with Crippen LogP contribution in [0.5, 0.6) is 0 Å². The van der Waals surface area contributed by atoms with Crippen LogP contribution in [0.25, 0.3) is 0 Å². The van der Waals surface area contributed by atoms with Crippen molar-refractivity contribution in [2.75, 3.05) is 13.2 Å². The van der Waals surface area contributed by atoms with Crippen LogP contribution in [0.15, 0.2) is 28.7 Å². The monoisotopic (exact) mass is 269 g/mol. The molecule has 0 saturated carbocycles. The number of halogens is 1. The summed E-state index contributed by atoms with van der Waals surface area (Å²) in [7, 11) is 0. The van der Waals surface area contributed by atoms with Crippen LogP contribution in [0.2, 0.25) is 0 Å². The minimum atomic E-state index is -0.468. The van der Waals surface area contributed by atoms with Crippen molar-refractivity contribution in [1.82, 2.24) is 5.32 Å². The van der Waals surface area contributed by atoms with Gasteiger partial charge in [0.25, 0.3) is 5.91 Å². The molecule has 0 unspecified atom stereocenters. The Balaban J connectivity index is 2.24. The predicted molar refractivity (Wildman–Crippen MR) is 60.5 cm³/mol. The smallest absolute Gasteiger partial charge is 0.253 e. The highest BCUT2D eigenvalue weighted by Crippen LogP contribution is 2.22. The standard InChI is InChI=1S/C11H12BrNO2/c12-9-4-1-3-8(7-9)10-11(14)13-5-2-6-15-10/h1,3-4,7,10H,2,5-6H2,(H,13,14)/t10-/m0/s1. The van der Waals surface area contributed by atoms with E-state index >= 15 is 0 Å². The fraction of sp³-hybridized carbons (Fsp3) is 0.364. The molecule has 3 nitrogen and oxygen atoms in total. The first kappa shape index (κ1) is 10.6. The van der Waals surface area contributed by atoms with Crippen LogP contribution in [0.1, 0.15) is 18.1 Å². The van der Waals surface area contributed by atoms with Gasteiger partial charge in [-0.3, -0.25) is 4.79 Å². The average molecular weight is 270 g/mol. The number of ether oxygens (including phenoxy) is 1. The molecule has 80 valence electrons. The topological polar surface area (TPSA) is 38.3 Å². The first-order valence-corrected chi connectivity index (χ1v) is 5.71. The number of carbonyl (C=O) groups is 1. The molecular formula is C11H12BrNO2. The molecule has 15 heavy (non-hydrogen) atoms. The molecule has 1 N–H and O–H groups in total. The van der Waals surface area contributed by atoms with Crippen molar-refractivity contribution in [1.29, 1.82) is 0 Å². The fourth-order valence-electron chi connectivity index (χ4n) is 1.57. The number of carbonyl (C=O) groups excluding carboxylic acids is 1. The van der Waals surface area contributed by atoms with E-state index in [1.807, 2.05) is 24.3 Å². The maximum absolute atomic E-state index is 11.7. The van der Waals surface area contributed by atoms with Gasteiger partial charge < -0.3 is 10.1 Å². The van der Waals surface area contributed by atoms with Crippen molar-refractivity contribution < 1.29 is 9.53 Å². The summed E-state index contributed by atoms with van der Waals surface area (Å²) in [5.41, 5.74) is 0.892. The van der Waals surface area contributed by atoms with E-state index in [4.69, 9.17) is 4.74 Å². The van der Waals surface area contributed by atoms with Gasteiger partial charge in [0.05, 0.1) is 0 Å². The van der Waals surface area contributed by atoms with E-state index in [0.29, 0.717) is 13.2 Å². The van der Waals surface area contributed by atoms with Crippen molar-refractivity contribution in [3.8, 4) is 0 Å². The summed E-state index contributed by atoms with van der Waals surface area (Å²) >= 11 is 3.38. The van der Waals surface area contributed by atoms with Gasteiger partial charge in [-0.05, 0) is 24.1 Å². The molecule has 1 heterocycles. The zero-order valence-corrected chi connectivity index (χ0v) is 9.79. The van der Waals surface area contributed by atoms with Gasteiger partial charge in [-0.25, -0.2) is 0 Å². The molecule has 1 saturated heterocycles. The van der Waals surface area contributed by atoms with Gasteiger partial charge in [-0.2, -0.15) is 0 Å². The van der Waals surface area contributed by atoms with Crippen molar-refractivity contribution in [2.24, 2.45) is 0 Å². The summed E-state index contributed by atoms with van der Waals surface area (Å²) in [6, 6.07) is 7.65. The molecule has 0 radical (unpaired) electrons. The number of nitrogens with one attached hydrogen (secondary N) is 1. The maximum atomic E-state index is 11.7. The molecule has 1 aliphatic rings. The Morgan fingerprint density at radius 1 is 1.47 bits per heavy atom. The molecule has 1 amide bonds. The van der Waals surface area contributed by atoms with Crippen molar-refractivity contribution in [3.63, 3.8) is 0 Å². The molecule has 1 aromatic carbocycles. The van der Waals surface area contributed by atoms with E-state index in [0.717, 1.165) is 16.5 Å². The fourth-order valence-corrected chi connectivity index (χ4v) is 1.99. The highest BCUT2D eigenvalue weighted by Gasteiger charge is 2.23. The second-order valence-corrected chi connectivity index (χ2v) is 4.37. The van der Waals surface area contributed by atoms with Gasteiger partial charge in [-0.1, -0.05) is 28.1 Å². The minimum Gasteiger partial charge on any atom is -0.364 e. The Bertz CT molecular complexity index is 367. The molecule has 1 aliphatic heterocycles. The zero-order valence-electron chi connectivity index (χ0n) is 8.20. The lowest BCUT2D eigenvalue weighted by molar-refractivity contribution is -0.131. The lowest BCUT2D eigenvalue weighted by Crippen LogP contribution is -2.28. The number of hydrogen-bond donors (Lipinski definition) is 1. The summed E-state index contributed by atoms with van der Waals surface area (Å²) in [5.74, 6) is -0.0504. The molecule has 4 heteroatoms. The van der Waals surface area contributed by atoms with E-state index in [1.54, 1.807) is 0 Å². The second kappa shape index (κ2) is 4.77. The SMILES string of the molecule is O=C1NCCCO[C@H]1c1cccc(Br)c1. The van der Waals surface area contributed by atoms with Crippen LogP contribution in [0.3, 0.4) is 0 Å². The average Bonchev–Trinajstić information content (AvgIpc) is 2.43. The normalized spacial score (nSPS) is 21.9. The van der Waals surface area contributed by atoms with E-state index in [2.05, 4.69) is 21.2 Å². The van der Waals surface area contributed by atoms with Crippen molar-refractivity contribution in [3.05, 3.63) is 34.3 Å². The lowest BCUT2D eigenvalue weighted by atomic mass is 10.1. The van der Waals surface area contributed by atoms with E-state index in [9.17, 15) is 4.79 Å². The highest BCUT2D eigenvalue weighted by atomic mass is 79.9. The summed E-state index contributed by atoms with van der Waals surface area (Å²) in [5, 5.41) is 2.83. The molecule has 0 aromatic heterocycles. The third-order valence-corrected chi connectivity index (χ3v) is 2.79. The summed E-state index contributed by atoms with van der Waals surface area (Å²) in [4.78, 5) is 11.7. The van der Waals surface area contributed by atoms with Crippen molar-refractivity contribution in [2.45, 2.75) is 12.5 Å². The molecule has 1 atom stereocenters. The Hall–Kier alpha value is -0.870. The summed E-state index contributed by atoms with van der Waals surface area (Å²) in [6.07, 6.45) is 0.404. The Morgan fingerprint density at radius 2 is 2.33 bits per heavy atom. The van der Waals surface area contributed by atoms with Crippen LogP contribution in [-0.4, -0.2) is 19.1 Å². The first-order valence-electron chi connectivity index (χ1n) is 4.92. The Labute approximate surface area is 96.9 Å². The van der Waals surface area contributed by atoms with E-state index in [1.165, 1.54) is 0 Å². The summed E-state index contributed by atoms with van der Waals surface area (Å²) < 4.78 is 6.48. The highest BCUT2D eigenvalue weighted by molar-refractivity contribution is 9.10. The van der Waals surface area contributed by atoms with Crippen LogP contribution in [0, 0.1) is 0 Å². The van der Waals surface area contributed by atoms with Crippen LogP contribution < -0.4 is 5.32 Å². The largest absolute Gasteiger partial charge is 0.364 e. The van der Waals surface area contributed by atoms with Gasteiger partial charge in [0.2, 0.25) is 0 Å². The van der Waals surface area contributed by atoms with Crippen molar-refractivity contribution >= 4 is 21.8 Å². The Kier molecular flexibility index (Phi) is 3.38. The van der Waals surface area contributed by atoms with Crippen LogP contribution >= 0.6 is 15.9 Å². The number of benzene rings is 1. The van der Waals surface area contributed by atoms with Gasteiger partial charge in [0.15, 0.2) is 6.10 Å². The van der Waals surface area contributed by atoms with E-state index < -0.39 is 6.10 Å². The lowest BCUT2D eigenvalue weighted by Gasteiger charge is -2.14. The minimum absolute atomic E-state index is 0.0504. The molecule has 1 fully saturated rings. The molecule has 1 aromatic rings. The quantitative estimate of drug-likeness (QED) is 0.847. The zero-order chi connectivity index (χ0) is 10.7. The third kappa shape index (κ3) is 2.58. The third-order valence-electron chi connectivity index (χ3n) is 2.29. The van der Waals surface area contributed by atoms with Gasteiger partial charge >= 0.3 is 0 Å². The second-order valence-electron chi connectivity index (χ2n) is 3.45. The maximum Gasteiger partial charge on any atom is 0.253 e. The molecule has 0 spiro atoms.